The molecule has 0 fully saturated rings. The predicted octanol–water partition coefficient (Wildman–Crippen LogP) is 2.76. The third kappa shape index (κ3) is 2.19. The van der Waals surface area contributed by atoms with Crippen LogP contribution in [0.25, 0.3) is 0 Å². The summed E-state index contributed by atoms with van der Waals surface area (Å²) in [7, 11) is 0. The summed E-state index contributed by atoms with van der Waals surface area (Å²) in [5.41, 5.74) is 8.46. The summed E-state index contributed by atoms with van der Waals surface area (Å²) < 4.78 is 0. The Labute approximate surface area is 110 Å². The number of rotatable bonds is 3. The topological polar surface area (TPSA) is 46.2 Å². The van der Waals surface area contributed by atoms with Crippen molar-refractivity contribution in [1.82, 2.24) is 0 Å². The summed E-state index contributed by atoms with van der Waals surface area (Å²) in [6, 6.07) is 6.44. The Morgan fingerprint density at radius 3 is 2.33 bits per heavy atom. The second-order valence-electron chi connectivity index (χ2n) is 6.35. The van der Waals surface area contributed by atoms with Crippen molar-refractivity contribution < 1.29 is 5.11 Å². The maximum Gasteiger partial charge on any atom is 0.0931 e. The molecule has 0 radical (unpaired) electrons. The predicted molar refractivity (Wildman–Crippen MR) is 75.5 cm³/mol. The molecular formula is C16H25NO. The molecule has 18 heavy (non-hydrogen) atoms. The first kappa shape index (κ1) is 13.6. The van der Waals surface area contributed by atoms with Crippen LogP contribution >= 0.6 is 0 Å². The van der Waals surface area contributed by atoms with Gasteiger partial charge in [0.2, 0.25) is 0 Å². The minimum absolute atomic E-state index is 0.324. The molecule has 3 N–H and O–H groups in total. The largest absolute Gasteiger partial charge is 0.385 e. The minimum atomic E-state index is -0.881. The Morgan fingerprint density at radius 2 is 1.72 bits per heavy atom. The lowest BCUT2D eigenvalue weighted by molar-refractivity contribution is -0.0522. The molecule has 1 aliphatic carbocycles. The van der Waals surface area contributed by atoms with Crippen molar-refractivity contribution in [2.45, 2.75) is 52.1 Å². The average Bonchev–Trinajstić information content (AvgIpc) is 2.37. The standard InChI is InChI=1S/C16H25NO/c1-15(2,11-17)16(3,18)14-9-8-12-6-4-5-7-13(12)10-14/h8-10,18H,4-7,11,17H2,1-3H3. The maximum atomic E-state index is 10.8. The van der Waals surface area contributed by atoms with E-state index in [1.54, 1.807) is 0 Å². The van der Waals surface area contributed by atoms with Gasteiger partial charge >= 0.3 is 0 Å². The number of fused-ring (bicyclic) bond motifs is 1. The van der Waals surface area contributed by atoms with E-state index in [0.717, 1.165) is 12.0 Å². The van der Waals surface area contributed by atoms with Crippen LogP contribution in [-0.2, 0) is 18.4 Å². The molecule has 0 saturated carbocycles. The fourth-order valence-electron chi connectivity index (χ4n) is 2.63. The lowest BCUT2D eigenvalue weighted by Crippen LogP contribution is -2.44. The number of hydrogen-bond acceptors (Lipinski definition) is 2. The molecule has 100 valence electrons. The van der Waals surface area contributed by atoms with Crippen LogP contribution in [0.4, 0.5) is 0 Å². The molecule has 1 unspecified atom stereocenters. The minimum Gasteiger partial charge on any atom is -0.385 e. The summed E-state index contributed by atoms with van der Waals surface area (Å²) in [5.74, 6) is 0. The second kappa shape index (κ2) is 4.67. The monoisotopic (exact) mass is 247 g/mol. The molecule has 0 heterocycles. The number of nitrogens with two attached hydrogens (primary N) is 1. The molecule has 2 nitrogen and oxygen atoms in total. The van der Waals surface area contributed by atoms with Crippen molar-refractivity contribution in [3.63, 3.8) is 0 Å². The molecule has 0 saturated heterocycles. The van der Waals surface area contributed by atoms with Crippen LogP contribution in [-0.4, -0.2) is 11.7 Å². The van der Waals surface area contributed by atoms with E-state index in [4.69, 9.17) is 5.73 Å². The first-order valence-electron chi connectivity index (χ1n) is 6.93. The van der Waals surface area contributed by atoms with Crippen molar-refractivity contribution in [3.05, 3.63) is 34.9 Å². The van der Waals surface area contributed by atoms with Crippen LogP contribution in [0.5, 0.6) is 0 Å². The SMILES string of the molecule is CC(C)(CN)C(C)(O)c1ccc2c(c1)CCCC2. The summed E-state index contributed by atoms with van der Waals surface area (Å²) in [6.07, 6.45) is 4.87. The third-order valence-corrected chi connectivity index (χ3v) is 4.74. The van der Waals surface area contributed by atoms with E-state index in [-0.39, 0.29) is 5.41 Å². The highest BCUT2D eigenvalue weighted by molar-refractivity contribution is 5.37. The molecule has 1 aromatic carbocycles. The quantitative estimate of drug-likeness (QED) is 0.862. The Balaban J connectivity index is 2.39. The van der Waals surface area contributed by atoms with Gasteiger partial charge in [-0.1, -0.05) is 32.0 Å². The Kier molecular flexibility index (Phi) is 3.52. The van der Waals surface area contributed by atoms with E-state index in [0.29, 0.717) is 6.54 Å². The molecule has 0 bridgehead atoms. The molecule has 2 rings (SSSR count). The molecule has 1 atom stereocenters. The average molecular weight is 247 g/mol. The van der Waals surface area contributed by atoms with E-state index in [1.165, 1.54) is 30.4 Å². The Morgan fingerprint density at radius 1 is 1.11 bits per heavy atom. The molecule has 1 aliphatic rings. The van der Waals surface area contributed by atoms with Crippen LogP contribution in [0.15, 0.2) is 18.2 Å². The lowest BCUT2D eigenvalue weighted by atomic mass is 9.71. The van der Waals surface area contributed by atoms with Gasteiger partial charge in [0.25, 0.3) is 0 Å². The molecular weight excluding hydrogens is 222 g/mol. The zero-order chi connectivity index (χ0) is 13.4. The van der Waals surface area contributed by atoms with Gasteiger partial charge in [0.05, 0.1) is 5.60 Å². The normalized spacial score (nSPS) is 19.2. The van der Waals surface area contributed by atoms with E-state index >= 15 is 0 Å². The van der Waals surface area contributed by atoms with Crippen LogP contribution in [0, 0.1) is 5.41 Å². The molecule has 0 amide bonds. The smallest absolute Gasteiger partial charge is 0.0931 e. The van der Waals surface area contributed by atoms with E-state index in [1.807, 2.05) is 20.8 Å². The highest BCUT2D eigenvalue weighted by Gasteiger charge is 2.39. The van der Waals surface area contributed by atoms with E-state index in [9.17, 15) is 5.11 Å². The fraction of sp³-hybridized carbons (Fsp3) is 0.625. The van der Waals surface area contributed by atoms with Crippen LogP contribution < -0.4 is 5.73 Å². The second-order valence-corrected chi connectivity index (χ2v) is 6.35. The van der Waals surface area contributed by atoms with Gasteiger partial charge in [-0.2, -0.15) is 0 Å². The van der Waals surface area contributed by atoms with Crippen molar-refractivity contribution in [3.8, 4) is 0 Å². The molecule has 2 heteroatoms. The van der Waals surface area contributed by atoms with Crippen molar-refractivity contribution in [2.75, 3.05) is 6.54 Å². The lowest BCUT2D eigenvalue weighted by Gasteiger charge is -2.40. The summed E-state index contributed by atoms with van der Waals surface area (Å²) >= 11 is 0. The van der Waals surface area contributed by atoms with Gasteiger partial charge in [-0.15, -0.1) is 0 Å². The number of aryl methyl sites for hydroxylation is 2. The van der Waals surface area contributed by atoms with Gasteiger partial charge in [0, 0.05) is 12.0 Å². The molecule has 0 spiro atoms. The first-order chi connectivity index (χ1) is 8.38. The van der Waals surface area contributed by atoms with Gasteiger partial charge in [-0.3, -0.25) is 0 Å². The van der Waals surface area contributed by atoms with Gasteiger partial charge in [-0.25, -0.2) is 0 Å². The number of benzene rings is 1. The zero-order valence-electron chi connectivity index (χ0n) is 11.8. The number of hydrogen-bond donors (Lipinski definition) is 2. The zero-order valence-corrected chi connectivity index (χ0v) is 11.8. The molecule has 0 aromatic heterocycles. The Bertz CT molecular complexity index is 435. The van der Waals surface area contributed by atoms with Crippen LogP contribution in [0.3, 0.4) is 0 Å². The van der Waals surface area contributed by atoms with Crippen molar-refractivity contribution >= 4 is 0 Å². The molecule has 0 aliphatic heterocycles. The van der Waals surface area contributed by atoms with E-state index in [2.05, 4.69) is 18.2 Å². The number of aliphatic hydroxyl groups is 1. The van der Waals surface area contributed by atoms with Gasteiger partial charge in [-0.05, 0) is 49.3 Å². The van der Waals surface area contributed by atoms with Crippen LogP contribution in [0.2, 0.25) is 0 Å². The first-order valence-corrected chi connectivity index (χ1v) is 6.93. The van der Waals surface area contributed by atoms with Gasteiger partial charge < -0.3 is 10.8 Å². The fourth-order valence-corrected chi connectivity index (χ4v) is 2.63. The van der Waals surface area contributed by atoms with Crippen molar-refractivity contribution in [1.29, 1.82) is 0 Å². The molecule has 1 aromatic rings. The summed E-state index contributed by atoms with van der Waals surface area (Å²) in [4.78, 5) is 0. The van der Waals surface area contributed by atoms with Crippen molar-refractivity contribution in [2.24, 2.45) is 11.1 Å². The van der Waals surface area contributed by atoms with Crippen LogP contribution in [0.1, 0.15) is 50.3 Å². The van der Waals surface area contributed by atoms with Gasteiger partial charge in [0.1, 0.15) is 0 Å². The maximum absolute atomic E-state index is 10.8. The highest BCUT2D eigenvalue weighted by atomic mass is 16.3. The third-order valence-electron chi connectivity index (χ3n) is 4.74. The summed E-state index contributed by atoms with van der Waals surface area (Å²) in [6.45, 7) is 6.39. The van der Waals surface area contributed by atoms with Gasteiger partial charge in [0.15, 0.2) is 0 Å². The summed E-state index contributed by atoms with van der Waals surface area (Å²) in [5, 5.41) is 10.8. The van der Waals surface area contributed by atoms with E-state index < -0.39 is 5.60 Å². The highest BCUT2D eigenvalue weighted by Crippen LogP contribution is 2.39. The Hall–Kier alpha value is -0.860.